The van der Waals surface area contributed by atoms with Crippen LogP contribution in [0.25, 0.3) is 10.4 Å². The molecule has 4 rings (SSSR count). The van der Waals surface area contributed by atoms with Gasteiger partial charge in [-0.3, -0.25) is 5.21 Å². The molecule has 1 aromatic carbocycles. The standard InChI is InChI=1S/C15H11FN2O4S/c16-8-3-1-7(2-4-8)11-5-9-10-6-17(15(21)18(10)22)12(14(19)20)13(9)23-11/h1-5,10,12,22H,6H2,(H,19,20)/t10-,12?/m1/s1. The molecular formula is C15H11FN2O4S. The van der Waals surface area contributed by atoms with E-state index in [1.807, 2.05) is 0 Å². The van der Waals surface area contributed by atoms with Gasteiger partial charge in [-0.25, -0.2) is 14.0 Å². The number of benzene rings is 1. The van der Waals surface area contributed by atoms with Gasteiger partial charge in [0.2, 0.25) is 0 Å². The normalized spacial score (nSPS) is 22.4. The van der Waals surface area contributed by atoms with Crippen molar-refractivity contribution in [3.05, 3.63) is 46.6 Å². The molecule has 1 unspecified atom stereocenters. The number of urea groups is 1. The average Bonchev–Trinajstić information content (AvgIpc) is 3.05. The molecule has 0 aliphatic carbocycles. The van der Waals surface area contributed by atoms with Crippen LogP contribution in [0.2, 0.25) is 0 Å². The Morgan fingerprint density at radius 2 is 2.00 bits per heavy atom. The van der Waals surface area contributed by atoms with Crippen molar-refractivity contribution in [1.82, 2.24) is 9.96 Å². The van der Waals surface area contributed by atoms with Crippen molar-refractivity contribution in [3.63, 3.8) is 0 Å². The summed E-state index contributed by atoms with van der Waals surface area (Å²) in [7, 11) is 0. The number of carbonyl (C=O) groups is 2. The number of halogens is 1. The predicted octanol–water partition coefficient (Wildman–Crippen LogP) is 2.86. The van der Waals surface area contributed by atoms with E-state index in [0.29, 0.717) is 15.5 Å². The van der Waals surface area contributed by atoms with E-state index in [1.165, 1.54) is 23.5 Å². The molecule has 2 amide bonds. The lowest BCUT2D eigenvalue weighted by atomic mass is 9.98. The molecule has 2 atom stereocenters. The largest absolute Gasteiger partial charge is 0.479 e. The van der Waals surface area contributed by atoms with Crippen LogP contribution in [0.4, 0.5) is 9.18 Å². The van der Waals surface area contributed by atoms with Crippen molar-refractivity contribution >= 4 is 23.3 Å². The van der Waals surface area contributed by atoms with Crippen molar-refractivity contribution in [2.45, 2.75) is 12.1 Å². The van der Waals surface area contributed by atoms with Crippen LogP contribution in [-0.4, -0.2) is 38.8 Å². The molecule has 0 radical (unpaired) electrons. The van der Waals surface area contributed by atoms with Crippen LogP contribution < -0.4 is 0 Å². The number of aliphatic carboxylic acids is 1. The summed E-state index contributed by atoms with van der Waals surface area (Å²) in [6, 6.07) is 5.29. The SMILES string of the molecule is O=C(O)C1c2sc(-c3ccc(F)cc3)cc2[C@H]2CN1C(=O)N2O. The summed E-state index contributed by atoms with van der Waals surface area (Å²) < 4.78 is 13.1. The van der Waals surface area contributed by atoms with Crippen molar-refractivity contribution in [2.24, 2.45) is 0 Å². The van der Waals surface area contributed by atoms with Crippen LogP contribution in [0, 0.1) is 5.82 Å². The lowest BCUT2D eigenvalue weighted by Crippen LogP contribution is -2.37. The fourth-order valence-electron chi connectivity index (χ4n) is 3.09. The van der Waals surface area contributed by atoms with Gasteiger partial charge in [-0.05, 0) is 29.3 Å². The summed E-state index contributed by atoms with van der Waals surface area (Å²) in [5.74, 6) is -1.49. The van der Waals surface area contributed by atoms with E-state index in [2.05, 4.69) is 0 Å². The first kappa shape index (κ1) is 14.2. The zero-order valence-corrected chi connectivity index (χ0v) is 12.5. The number of fused-ring (bicyclic) bond motifs is 4. The maximum absolute atomic E-state index is 13.1. The zero-order chi connectivity index (χ0) is 16.3. The van der Waals surface area contributed by atoms with E-state index in [1.54, 1.807) is 18.2 Å². The highest BCUT2D eigenvalue weighted by Crippen LogP contribution is 2.48. The minimum absolute atomic E-state index is 0.138. The minimum Gasteiger partial charge on any atom is -0.479 e. The Kier molecular flexibility index (Phi) is 2.94. The van der Waals surface area contributed by atoms with Gasteiger partial charge < -0.3 is 10.0 Å². The first-order valence-corrected chi connectivity index (χ1v) is 7.70. The van der Waals surface area contributed by atoms with Gasteiger partial charge >= 0.3 is 12.0 Å². The van der Waals surface area contributed by atoms with Crippen LogP contribution in [0.3, 0.4) is 0 Å². The molecule has 23 heavy (non-hydrogen) atoms. The maximum atomic E-state index is 13.1. The first-order valence-electron chi connectivity index (χ1n) is 6.88. The number of amides is 2. The second-order valence-electron chi connectivity index (χ2n) is 5.47. The first-order chi connectivity index (χ1) is 11.0. The molecule has 0 spiro atoms. The lowest BCUT2D eigenvalue weighted by Gasteiger charge is -2.27. The third kappa shape index (κ3) is 1.95. The quantitative estimate of drug-likeness (QED) is 0.828. The number of carboxylic acids is 1. The predicted molar refractivity (Wildman–Crippen MR) is 78.6 cm³/mol. The fraction of sp³-hybridized carbons (Fsp3) is 0.200. The number of hydrogen-bond donors (Lipinski definition) is 2. The topological polar surface area (TPSA) is 81.1 Å². The molecular weight excluding hydrogens is 323 g/mol. The van der Waals surface area contributed by atoms with Gasteiger partial charge in [-0.1, -0.05) is 12.1 Å². The Morgan fingerprint density at radius 3 is 2.65 bits per heavy atom. The summed E-state index contributed by atoms with van der Waals surface area (Å²) in [5, 5.41) is 20.0. The van der Waals surface area contributed by atoms with Gasteiger partial charge in [0.15, 0.2) is 6.04 Å². The number of rotatable bonds is 2. The van der Waals surface area contributed by atoms with Gasteiger partial charge in [0.05, 0.1) is 6.54 Å². The number of nitrogens with zero attached hydrogens (tertiary/aromatic N) is 2. The summed E-state index contributed by atoms with van der Waals surface area (Å²) in [4.78, 5) is 26.0. The Labute approximate surface area is 133 Å². The van der Waals surface area contributed by atoms with E-state index in [0.717, 1.165) is 15.3 Å². The highest BCUT2D eigenvalue weighted by Gasteiger charge is 2.51. The van der Waals surface area contributed by atoms with Crippen molar-refractivity contribution in [1.29, 1.82) is 0 Å². The van der Waals surface area contributed by atoms with Gasteiger partial charge in [0, 0.05) is 9.75 Å². The second kappa shape index (κ2) is 4.77. The van der Waals surface area contributed by atoms with Crippen LogP contribution in [0.5, 0.6) is 0 Å². The number of hydrogen-bond acceptors (Lipinski definition) is 4. The van der Waals surface area contributed by atoms with Crippen LogP contribution >= 0.6 is 11.3 Å². The van der Waals surface area contributed by atoms with E-state index in [9.17, 15) is 24.3 Å². The number of thiophene rings is 1. The van der Waals surface area contributed by atoms with Gasteiger partial charge in [-0.15, -0.1) is 11.3 Å². The summed E-state index contributed by atoms with van der Waals surface area (Å²) in [6.45, 7) is 0.138. The van der Waals surface area contributed by atoms with Gasteiger partial charge in [0.1, 0.15) is 11.9 Å². The number of hydroxylamine groups is 2. The monoisotopic (exact) mass is 334 g/mol. The van der Waals surface area contributed by atoms with Crippen molar-refractivity contribution in [2.75, 3.05) is 6.54 Å². The summed E-state index contributed by atoms with van der Waals surface area (Å²) in [6.07, 6.45) is 0. The Morgan fingerprint density at radius 1 is 1.30 bits per heavy atom. The Balaban J connectivity index is 1.85. The van der Waals surface area contributed by atoms with E-state index >= 15 is 0 Å². The smallest absolute Gasteiger partial charge is 0.345 e. The summed E-state index contributed by atoms with van der Waals surface area (Å²) >= 11 is 1.25. The van der Waals surface area contributed by atoms with E-state index in [4.69, 9.17) is 0 Å². The molecule has 2 aliphatic rings. The molecule has 1 aromatic heterocycles. The molecule has 6 nitrogen and oxygen atoms in total. The maximum Gasteiger partial charge on any atom is 0.345 e. The number of carboxylic acid groups (broad SMARTS) is 1. The molecule has 118 valence electrons. The fourth-order valence-corrected chi connectivity index (χ4v) is 4.42. The Bertz CT molecular complexity index is 819. The van der Waals surface area contributed by atoms with E-state index < -0.39 is 24.1 Å². The van der Waals surface area contributed by atoms with Crippen LogP contribution in [-0.2, 0) is 4.79 Å². The highest BCUT2D eigenvalue weighted by atomic mass is 32.1. The molecule has 3 heterocycles. The Hall–Kier alpha value is -2.45. The lowest BCUT2D eigenvalue weighted by molar-refractivity contribution is -0.142. The minimum atomic E-state index is -1.14. The molecule has 2 N–H and O–H groups in total. The van der Waals surface area contributed by atoms with E-state index in [-0.39, 0.29) is 12.4 Å². The molecule has 1 saturated heterocycles. The van der Waals surface area contributed by atoms with Gasteiger partial charge in [-0.2, -0.15) is 5.06 Å². The average molecular weight is 334 g/mol. The second-order valence-corrected chi connectivity index (χ2v) is 6.56. The third-order valence-corrected chi connectivity index (χ3v) is 5.43. The molecule has 0 saturated carbocycles. The van der Waals surface area contributed by atoms with Crippen molar-refractivity contribution < 1.29 is 24.3 Å². The summed E-state index contributed by atoms with van der Waals surface area (Å²) in [5.41, 5.74) is 1.39. The molecule has 1 fully saturated rings. The molecule has 2 aliphatic heterocycles. The van der Waals surface area contributed by atoms with Crippen LogP contribution in [0.1, 0.15) is 22.5 Å². The molecule has 8 heteroatoms. The van der Waals surface area contributed by atoms with Crippen molar-refractivity contribution in [3.8, 4) is 10.4 Å². The third-order valence-electron chi connectivity index (χ3n) is 4.18. The zero-order valence-electron chi connectivity index (χ0n) is 11.6. The highest BCUT2D eigenvalue weighted by molar-refractivity contribution is 7.15. The van der Waals surface area contributed by atoms with Crippen LogP contribution in [0.15, 0.2) is 30.3 Å². The molecule has 2 bridgehead atoms. The number of carbonyl (C=O) groups excluding carboxylic acids is 1. The van der Waals surface area contributed by atoms with Gasteiger partial charge in [0.25, 0.3) is 0 Å². The molecule has 2 aromatic rings.